The zero-order valence-electron chi connectivity index (χ0n) is 11.8. The Hall–Kier alpha value is -1.47. The highest BCUT2D eigenvalue weighted by Crippen LogP contribution is 2.30. The van der Waals surface area contributed by atoms with Gasteiger partial charge in [-0.05, 0) is 48.9 Å². The van der Waals surface area contributed by atoms with E-state index in [-0.39, 0.29) is 6.04 Å². The molecule has 0 saturated carbocycles. The molecule has 1 atom stereocenters. The number of benzene rings is 1. The molecule has 0 aliphatic carbocycles. The summed E-state index contributed by atoms with van der Waals surface area (Å²) in [5, 5.41) is 12.0. The van der Waals surface area contributed by atoms with Gasteiger partial charge in [0.1, 0.15) is 0 Å². The van der Waals surface area contributed by atoms with Crippen LogP contribution in [0, 0.1) is 6.92 Å². The molecule has 0 aliphatic heterocycles. The standard InChI is InChI=1S/C13H18BrN5O/c1-4-20-7-8(2)19-13(16-17-18-19)11-5-10(14)6-12(15)9(11)3/h5-6,8H,4,7,15H2,1-3H3. The molecule has 1 aromatic carbocycles. The topological polar surface area (TPSA) is 78.8 Å². The van der Waals surface area contributed by atoms with Gasteiger partial charge in [0.05, 0.1) is 12.6 Å². The van der Waals surface area contributed by atoms with E-state index in [2.05, 4.69) is 31.5 Å². The van der Waals surface area contributed by atoms with E-state index in [0.29, 0.717) is 24.7 Å². The molecule has 1 heterocycles. The summed E-state index contributed by atoms with van der Waals surface area (Å²) in [7, 11) is 0. The Balaban J connectivity index is 2.42. The second kappa shape index (κ2) is 6.32. The fraction of sp³-hybridized carbons (Fsp3) is 0.462. The maximum absolute atomic E-state index is 6.00. The van der Waals surface area contributed by atoms with Crippen LogP contribution >= 0.6 is 15.9 Å². The predicted octanol–water partition coefficient (Wildman–Crippen LogP) is 2.59. The van der Waals surface area contributed by atoms with Crippen LogP contribution in [0.5, 0.6) is 0 Å². The average molecular weight is 340 g/mol. The Bertz CT molecular complexity index is 598. The summed E-state index contributed by atoms with van der Waals surface area (Å²) < 4.78 is 8.11. The maximum atomic E-state index is 6.00. The van der Waals surface area contributed by atoms with E-state index in [1.807, 2.05) is 32.9 Å². The molecule has 2 aromatic rings. The molecule has 0 bridgehead atoms. The lowest BCUT2D eigenvalue weighted by Gasteiger charge is -2.15. The smallest absolute Gasteiger partial charge is 0.182 e. The highest BCUT2D eigenvalue weighted by Gasteiger charge is 2.17. The molecule has 0 spiro atoms. The van der Waals surface area contributed by atoms with Crippen molar-refractivity contribution in [3.63, 3.8) is 0 Å². The van der Waals surface area contributed by atoms with E-state index in [1.54, 1.807) is 4.68 Å². The van der Waals surface area contributed by atoms with Gasteiger partial charge in [-0.15, -0.1) is 5.10 Å². The first-order valence-electron chi connectivity index (χ1n) is 6.46. The number of nitrogens with zero attached hydrogens (tertiary/aromatic N) is 4. The van der Waals surface area contributed by atoms with Crippen molar-refractivity contribution in [2.45, 2.75) is 26.8 Å². The molecule has 6 nitrogen and oxygen atoms in total. The van der Waals surface area contributed by atoms with Crippen LogP contribution in [-0.4, -0.2) is 33.4 Å². The molecule has 0 fully saturated rings. The number of halogens is 1. The number of nitrogens with two attached hydrogens (primary N) is 1. The fourth-order valence-corrected chi connectivity index (χ4v) is 2.43. The van der Waals surface area contributed by atoms with Gasteiger partial charge in [-0.25, -0.2) is 4.68 Å². The predicted molar refractivity (Wildman–Crippen MR) is 81.3 cm³/mol. The van der Waals surface area contributed by atoms with Crippen molar-refractivity contribution in [1.29, 1.82) is 0 Å². The SMILES string of the molecule is CCOCC(C)n1nnnc1-c1cc(Br)cc(N)c1C. The van der Waals surface area contributed by atoms with E-state index in [1.165, 1.54) is 0 Å². The summed E-state index contributed by atoms with van der Waals surface area (Å²) >= 11 is 3.45. The van der Waals surface area contributed by atoms with E-state index in [9.17, 15) is 0 Å². The van der Waals surface area contributed by atoms with E-state index >= 15 is 0 Å². The molecule has 1 aromatic heterocycles. The molecule has 0 saturated heterocycles. The van der Waals surface area contributed by atoms with Gasteiger partial charge in [-0.1, -0.05) is 15.9 Å². The number of anilines is 1. The third-order valence-corrected chi connectivity index (χ3v) is 3.58. The van der Waals surface area contributed by atoms with Crippen LogP contribution in [0.3, 0.4) is 0 Å². The van der Waals surface area contributed by atoms with Crippen LogP contribution in [0.2, 0.25) is 0 Å². The minimum Gasteiger partial charge on any atom is -0.398 e. The van der Waals surface area contributed by atoms with Crippen LogP contribution in [0.4, 0.5) is 5.69 Å². The lowest BCUT2D eigenvalue weighted by Crippen LogP contribution is -2.15. The molecule has 108 valence electrons. The first kappa shape index (κ1) is 14.9. The number of hydrogen-bond donors (Lipinski definition) is 1. The van der Waals surface area contributed by atoms with Gasteiger partial charge in [0.15, 0.2) is 5.82 Å². The van der Waals surface area contributed by atoms with Crippen molar-refractivity contribution in [3.05, 3.63) is 22.2 Å². The van der Waals surface area contributed by atoms with Crippen molar-refractivity contribution in [1.82, 2.24) is 20.2 Å². The van der Waals surface area contributed by atoms with Crippen molar-refractivity contribution in [2.24, 2.45) is 0 Å². The summed E-state index contributed by atoms with van der Waals surface area (Å²) in [5.41, 5.74) is 8.60. The molecular formula is C13H18BrN5O. The average Bonchev–Trinajstić information content (AvgIpc) is 2.89. The zero-order chi connectivity index (χ0) is 14.7. The van der Waals surface area contributed by atoms with Crippen molar-refractivity contribution >= 4 is 21.6 Å². The van der Waals surface area contributed by atoms with Gasteiger partial charge in [-0.2, -0.15) is 0 Å². The number of nitrogen functional groups attached to an aromatic ring is 1. The van der Waals surface area contributed by atoms with Gasteiger partial charge in [0.25, 0.3) is 0 Å². The minimum absolute atomic E-state index is 0.0551. The second-order valence-corrected chi connectivity index (χ2v) is 5.54. The Morgan fingerprint density at radius 1 is 1.45 bits per heavy atom. The quantitative estimate of drug-likeness (QED) is 0.847. The summed E-state index contributed by atoms with van der Waals surface area (Å²) in [4.78, 5) is 0. The van der Waals surface area contributed by atoms with Crippen LogP contribution < -0.4 is 5.73 Å². The highest BCUT2D eigenvalue weighted by atomic mass is 79.9. The number of hydrogen-bond acceptors (Lipinski definition) is 5. The molecular weight excluding hydrogens is 322 g/mol. The third kappa shape index (κ3) is 2.99. The van der Waals surface area contributed by atoms with Gasteiger partial charge < -0.3 is 10.5 Å². The lowest BCUT2D eigenvalue weighted by molar-refractivity contribution is 0.115. The zero-order valence-corrected chi connectivity index (χ0v) is 13.4. The molecule has 0 radical (unpaired) electrons. The first-order chi connectivity index (χ1) is 9.54. The highest BCUT2D eigenvalue weighted by molar-refractivity contribution is 9.10. The fourth-order valence-electron chi connectivity index (χ4n) is 1.96. The van der Waals surface area contributed by atoms with Crippen LogP contribution in [0.15, 0.2) is 16.6 Å². The third-order valence-electron chi connectivity index (χ3n) is 3.13. The molecule has 2 N–H and O–H groups in total. The van der Waals surface area contributed by atoms with E-state index in [4.69, 9.17) is 10.5 Å². The normalized spacial score (nSPS) is 12.6. The lowest BCUT2D eigenvalue weighted by atomic mass is 10.1. The summed E-state index contributed by atoms with van der Waals surface area (Å²) in [6.45, 7) is 7.18. The Morgan fingerprint density at radius 2 is 2.20 bits per heavy atom. The molecule has 1 unspecified atom stereocenters. The Kier molecular flexibility index (Phi) is 4.72. The van der Waals surface area contributed by atoms with Crippen molar-refractivity contribution in [2.75, 3.05) is 18.9 Å². The monoisotopic (exact) mass is 339 g/mol. The van der Waals surface area contributed by atoms with Crippen LogP contribution in [0.25, 0.3) is 11.4 Å². The molecule has 7 heteroatoms. The largest absolute Gasteiger partial charge is 0.398 e. The summed E-state index contributed by atoms with van der Waals surface area (Å²) in [6, 6.07) is 3.90. The van der Waals surface area contributed by atoms with Crippen molar-refractivity contribution in [3.8, 4) is 11.4 Å². The maximum Gasteiger partial charge on any atom is 0.182 e. The van der Waals surface area contributed by atoms with Gasteiger partial charge in [-0.3, -0.25) is 0 Å². The molecule has 20 heavy (non-hydrogen) atoms. The number of tetrazole rings is 1. The van der Waals surface area contributed by atoms with E-state index in [0.717, 1.165) is 15.6 Å². The summed E-state index contributed by atoms with van der Waals surface area (Å²) in [6.07, 6.45) is 0. The second-order valence-electron chi connectivity index (χ2n) is 4.62. The van der Waals surface area contributed by atoms with Crippen LogP contribution in [-0.2, 0) is 4.74 Å². The first-order valence-corrected chi connectivity index (χ1v) is 7.25. The summed E-state index contributed by atoms with van der Waals surface area (Å²) in [5.74, 6) is 0.697. The Morgan fingerprint density at radius 3 is 2.90 bits per heavy atom. The van der Waals surface area contributed by atoms with Gasteiger partial charge in [0.2, 0.25) is 0 Å². The number of rotatable bonds is 5. The molecule has 2 rings (SSSR count). The molecule has 0 amide bonds. The Labute approximate surface area is 126 Å². The van der Waals surface area contributed by atoms with Gasteiger partial charge >= 0.3 is 0 Å². The van der Waals surface area contributed by atoms with Crippen LogP contribution in [0.1, 0.15) is 25.5 Å². The minimum atomic E-state index is 0.0551. The van der Waals surface area contributed by atoms with Crippen molar-refractivity contribution < 1.29 is 4.74 Å². The number of ether oxygens (including phenoxy) is 1. The van der Waals surface area contributed by atoms with Gasteiger partial charge in [0, 0.05) is 22.3 Å². The van der Waals surface area contributed by atoms with E-state index < -0.39 is 0 Å². The number of aromatic nitrogens is 4. The molecule has 0 aliphatic rings.